The van der Waals surface area contributed by atoms with E-state index in [4.69, 9.17) is 0 Å². The van der Waals surface area contributed by atoms with Gasteiger partial charge in [0.1, 0.15) is 5.82 Å². The van der Waals surface area contributed by atoms with Gasteiger partial charge in [0.25, 0.3) is 0 Å². The SMILES string of the molecule is C1CCC(Cc2nc(C3CC3)n[nH]2)CC1. The first-order valence-corrected chi connectivity index (χ1v) is 6.33. The predicted molar refractivity (Wildman–Crippen MR) is 58.6 cm³/mol. The zero-order valence-corrected chi connectivity index (χ0v) is 9.21. The molecular weight excluding hydrogens is 186 g/mol. The van der Waals surface area contributed by atoms with E-state index in [0.29, 0.717) is 5.92 Å². The van der Waals surface area contributed by atoms with Gasteiger partial charge in [-0.15, -0.1) is 0 Å². The van der Waals surface area contributed by atoms with E-state index in [0.717, 1.165) is 24.0 Å². The molecule has 15 heavy (non-hydrogen) atoms. The smallest absolute Gasteiger partial charge is 0.153 e. The molecule has 0 amide bonds. The maximum atomic E-state index is 4.60. The van der Waals surface area contributed by atoms with Crippen molar-refractivity contribution in [3.05, 3.63) is 11.6 Å². The van der Waals surface area contributed by atoms with E-state index < -0.39 is 0 Å². The summed E-state index contributed by atoms with van der Waals surface area (Å²) in [5.74, 6) is 3.74. The van der Waals surface area contributed by atoms with Crippen LogP contribution in [-0.4, -0.2) is 15.2 Å². The lowest BCUT2D eigenvalue weighted by molar-refractivity contribution is 0.352. The molecule has 0 radical (unpaired) electrons. The summed E-state index contributed by atoms with van der Waals surface area (Å²) in [5, 5.41) is 7.42. The lowest BCUT2D eigenvalue weighted by atomic mass is 9.87. The third kappa shape index (κ3) is 2.21. The van der Waals surface area contributed by atoms with Crippen molar-refractivity contribution in [3.8, 4) is 0 Å². The first-order chi connectivity index (χ1) is 7.42. The summed E-state index contributed by atoms with van der Waals surface area (Å²) in [7, 11) is 0. The van der Waals surface area contributed by atoms with Gasteiger partial charge >= 0.3 is 0 Å². The lowest BCUT2D eigenvalue weighted by Gasteiger charge is -2.19. The van der Waals surface area contributed by atoms with Gasteiger partial charge in [-0.2, -0.15) is 5.10 Å². The van der Waals surface area contributed by atoms with Gasteiger partial charge in [-0.1, -0.05) is 32.1 Å². The Morgan fingerprint density at radius 3 is 2.60 bits per heavy atom. The van der Waals surface area contributed by atoms with Crippen molar-refractivity contribution < 1.29 is 0 Å². The van der Waals surface area contributed by atoms with Gasteiger partial charge in [-0.05, 0) is 18.8 Å². The van der Waals surface area contributed by atoms with Crippen LogP contribution in [0.25, 0.3) is 0 Å². The number of hydrogen-bond acceptors (Lipinski definition) is 2. The molecule has 82 valence electrons. The second-order valence-electron chi connectivity index (χ2n) is 5.12. The second kappa shape index (κ2) is 3.95. The highest BCUT2D eigenvalue weighted by molar-refractivity contribution is 5.05. The Bertz CT molecular complexity index is 321. The van der Waals surface area contributed by atoms with E-state index in [2.05, 4.69) is 15.2 Å². The molecule has 0 aromatic carbocycles. The van der Waals surface area contributed by atoms with Gasteiger partial charge in [0, 0.05) is 12.3 Å². The summed E-state index contributed by atoms with van der Waals surface area (Å²) in [5.41, 5.74) is 0. The molecular formula is C12H19N3. The fraction of sp³-hybridized carbons (Fsp3) is 0.833. The van der Waals surface area contributed by atoms with E-state index >= 15 is 0 Å². The van der Waals surface area contributed by atoms with Gasteiger partial charge in [-0.3, -0.25) is 5.10 Å². The van der Waals surface area contributed by atoms with Gasteiger partial charge < -0.3 is 0 Å². The van der Waals surface area contributed by atoms with Crippen molar-refractivity contribution in [2.24, 2.45) is 5.92 Å². The molecule has 0 unspecified atom stereocenters. The summed E-state index contributed by atoms with van der Waals surface area (Å²) in [4.78, 5) is 4.60. The quantitative estimate of drug-likeness (QED) is 0.824. The Labute approximate surface area is 90.7 Å². The van der Waals surface area contributed by atoms with Crippen LogP contribution in [0.4, 0.5) is 0 Å². The summed E-state index contributed by atoms with van der Waals surface area (Å²) in [6.45, 7) is 0. The van der Waals surface area contributed by atoms with E-state index in [-0.39, 0.29) is 0 Å². The topological polar surface area (TPSA) is 41.6 Å². The molecule has 3 nitrogen and oxygen atoms in total. The maximum absolute atomic E-state index is 4.60. The van der Waals surface area contributed by atoms with Crippen LogP contribution in [-0.2, 0) is 6.42 Å². The van der Waals surface area contributed by atoms with Crippen LogP contribution >= 0.6 is 0 Å². The number of nitrogens with one attached hydrogen (secondary N) is 1. The number of aromatic amines is 1. The molecule has 1 N–H and O–H groups in total. The molecule has 0 atom stereocenters. The summed E-state index contributed by atoms with van der Waals surface area (Å²) < 4.78 is 0. The van der Waals surface area contributed by atoms with Crippen molar-refractivity contribution in [1.82, 2.24) is 15.2 Å². The number of hydrogen-bond donors (Lipinski definition) is 1. The second-order valence-corrected chi connectivity index (χ2v) is 5.12. The largest absolute Gasteiger partial charge is 0.263 e. The van der Waals surface area contributed by atoms with Crippen molar-refractivity contribution in [3.63, 3.8) is 0 Å². The number of H-pyrrole nitrogens is 1. The average molecular weight is 205 g/mol. The number of aromatic nitrogens is 3. The zero-order valence-electron chi connectivity index (χ0n) is 9.21. The normalized spacial score (nSPS) is 23.2. The highest BCUT2D eigenvalue weighted by Crippen LogP contribution is 2.38. The van der Waals surface area contributed by atoms with Crippen LogP contribution in [0, 0.1) is 5.92 Å². The van der Waals surface area contributed by atoms with Gasteiger partial charge in [0.15, 0.2) is 5.82 Å². The molecule has 3 rings (SSSR count). The molecule has 0 spiro atoms. The van der Waals surface area contributed by atoms with Crippen LogP contribution in [0.2, 0.25) is 0 Å². The van der Waals surface area contributed by atoms with Crippen molar-refractivity contribution in [1.29, 1.82) is 0 Å². The van der Waals surface area contributed by atoms with Crippen molar-refractivity contribution in [2.75, 3.05) is 0 Å². The van der Waals surface area contributed by atoms with Crippen LogP contribution in [0.1, 0.15) is 62.5 Å². The van der Waals surface area contributed by atoms with Crippen molar-refractivity contribution in [2.45, 2.75) is 57.3 Å². The average Bonchev–Trinajstić information content (AvgIpc) is 3.02. The zero-order chi connectivity index (χ0) is 10.1. The van der Waals surface area contributed by atoms with Gasteiger partial charge in [0.2, 0.25) is 0 Å². The minimum Gasteiger partial charge on any atom is -0.263 e. The minimum atomic E-state index is 0.682. The van der Waals surface area contributed by atoms with Crippen molar-refractivity contribution >= 4 is 0 Å². The van der Waals surface area contributed by atoms with E-state index in [1.807, 2.05) is 0 Å². The highest BCUT2D eigenvalue weighted by atomic mass is 15.2. The third-order valence-electron chi connectivity index (χ3n) is 3.70. The Morgan fingerprint density at radius 2 is 1.87 bits per heavy atom. The molecule has 0 saturated heterocycles. The summed E-state index contributed by atoms with van der Waals surface area (Å²) >= 11 is 0. The standard InChI is InChI=1S/C12H19N3/c1-2-4-9(5-3-1)8-11-13-12(15-14-11)10-6-7-10/h9-10H,1-8H2,(H,13,14,15). The first-order valence-electron chi connectivity index (χ1n) is 6.33. The molecule has 2 fully saturated rings. The monoisotopic (exact) mass is 205 g/mol. The Kier molecular flexibility index (Phi) is 2.47. The molecule has 0 aliphatic heterocycles. The van der Waals surface area contributed by atoms with Crippen LogP contribution in [0.3, 0.4) is 0 Å². The molecule has 0 bridgehead atoms. The molecule has 1 aromatic heterocycles. The Morgan fingerprint density at radius 1 is 1.07 bits per heavy atom. The molecule has 2 aliphatic rings. The molecule has 1 heterocycles. The van der Waals surface area contributed by atoms with E-state index in [1.54, 1.807) is 0 Å². The fourth-order valence-electron chi connectivity index (χ4n) is 2.59. The van der Waals surface area contributed by atoms with Gasteiger partial charge in [-0.25, -0.2) is 4.98 Å². The lowest BCUT2D eigenvalue weighted by Crippen LogP contribution is -2.10. The van der Waals surface area contributed by atoms with Gasteiger partial charge in [0.05, 0.1) is 0 Å². The molecule has 2 saturated carbocycles. The number of nitrogens with zero attached hydrogens (tertiary/aromatic N) is 2. The minimum absolute atomic E-state index is 0.682. The molecule has 2 aliphatic carbocycles. The third-order valence-corrected chi connectivity index (χ3v) is 3.70. The number of rotatable bonds is 3. The van der Waals surface area contributed by atoms with E-state index in [9.17, 15) is 0 Å². The predicted octanol–water partition coefficient (Wildman–Crippen LogP) is 2.80. The fourth-order valence-corrected chi connectivity index (χ4v) is 2.59. The Balaban J connectivity index is 1.60. The first kappa shape index (κ1) is 9.37. The molecule has 1 aromatic rings. The highest BCUT2D eigenvalue weighted by Gasteiger charge is 2.28. The van der Waals surface area contributed by atoms with Crippen LogP contribution in [0.5, 0.6) is 0 Å². The van der Waals surface area contributed by atoms with E-state index in [1.165, 1.54) is 44.9 Å². The Hall–Kier alpha value is -0.860. The maximum Gasteiger partial charge on any atom is 0.153 e. The summed E-state index contributed by atoms with van der Waals surface area (Å²) in [6, 6.07) is 0. The molecule has 3 heteroatoms. The van der Waals surface area contributed by atoms with Crippen LogP contribution in [0.15, 0.2) is 0 Å². The summed E-state index contributed by atoms with van der Waals surface area (Å²) in [6.07, 6.45) is 10.7. The van der Waals surface area contributed by atoms with Crippen LogP contribution < -0.4 is 0 Å².